The summed E-state index contributed by atoms with van der Waals surface area (Å²) in [6.07, 6.45) is 1.07. The summed E-state index contributed by atoms with van der Waals surface area (Å²) in [4.78, 5) is 23.9. The normalized spacial score (nSPS) is 9.89. The number of amides is 2. The van der Waals surface area contributed by atoms with Crippen LogP contribution in [0.5, 0.6) is 0 Å². The van der Waals surface area contributed by atoms with E-state index in [1.54, 1.807) is 0 Å². The second kappa shape index (κ2) is 6.60. The Balaban J connectivity index is 2.72. The van der Waals surface area contributed by atoms with Gasteiger partial charge in [0.15, 0.2) is 0 Å². The van der Waals surface area contributed by atoms with Gasteiger partial charge in [0.2, 0.25) is 11.8 Å². The number of hydrogen-bond donors (Lipinski definition) is 1. The highest BCUT2D eigenvalue weighted by Gasteiger charge is 2.13. The Hall–Kier alpha value is -1.51. The van der Waals surface area contributed by atoms with E-state index in [0.29, 0.717) is 0 Å². The van der Waals surface area contributed by atoms with Gasteiger partial charge in [-0.2, -0.15) is 0 Å². The highest BCUT2D eigenvalue weighted by Crippen LogP contribution is 2.20. The molecule has 0 aromatic heterocycles. The first-order valence-corrected chi connectivity index (χ1v) is 6.25. The lowest BCUT2D eigenvalue weighted by Crippen LogP contribution is -2.33. The summed E-state index contributed by atoms with van der Waals surface area (Å²) in [6, 6.07) is 2.02. The van der Waals surface area contributed by atoms with Gasteiger partial charge in [0.1, 0.15) is 11.6 Å². The Bertz CT molecular complexity index is 511. The average molecular weight is 380 g/mol. The fourth-order valence-electron chi connectivity index (χ4n) is 1.28. The van der Waals surface area contributed by atoms with Crippen molar-refractivity contribution >= 4 is 40.1 Å². The van der Waals surface area contributed by atoms with E-state index in [2.05, 4.69) is 11.9 Å². The van der Waals surface area contributed by atoms with Crippen molar-refractivity contribution in [3.8, 4) is 0 Å². The van der Waals surface area contributed by atoms with E-state index in [1.165, 1.54) is 29.6 Å². The number of nitrogens with one attached hydrogen (secondary N) is 1. The van der Waals surface area contributed by atoms with Crippen LogP contribution >= 0.6 is 22.6 Å². The molecule has 0 atom stereocenters. The maximum absolute atomic E-state index is 13.3. The Labute approximate surface area is 122 Å². The molecule has 0 fully saturated rings. The highest BCUT2D eigenvalue weighted by atomic mass is 127. The summed E-state index contributed by atoms with van der Waals surface area (Å²) in [5, 5.41) is 2.31. The van der Waals surface area contributed by atoms with E-state index >= 15 is 0 Å². The number of benzene rings is 1. The maximum atomic E-state index is 13.3. The van der Waals surface area contributed by atoms with Crippen LogP contribution in [0.25, 0.3) is 0 Å². The maximum Gasteiger partial charge on any atom is 0.246 e. The number of rotatable bonds is 4. The molecule has 0 aliphatic rings. The van der Waals surface area contributed by atoms with Crippen molar-refractivity contribution in [3.63, 3.8) is 0 Å². The lowest BCUT2D eigenvalue weighted by molar-refractivity contribution is -0.129. The highest BCUT2D eigenvalue weighted by molar-refractivity contribution is 14.1. The summed E-state index contributed by atoms with van der Waals surface area (Å²) in [7, 11) is 1.42. The van der Waals surface area contributed by atoms with Crippen LogP contribution in [-0.2, 0) is 9.59 Å². The second-order valence-electron chi connectivity index (χ2n) is 3.70. The van der Waals surface area contributed by atoms with Crippen LogP contribution in [0.2, 0.25) is 0 Å². The molecule has 0 unspecified atom stereocenters. The molecule has 1 aromatic rings. The standard InChI is InChI=1S/C12H11F2IN2O2/c1-3-11(19)17(2)6-10(18)16-7-4-8(13)12(15)9(14)5-7/h3-5H,1,6H2,2H3,(H,16,18). The summed E-state index contributed by atoms with van der Waals surface area (Å²) in [5.74, 6) is -2.49. The summed E-state index contributed by atoms with van der Waals surface area (Å²) >= 11 is 1.53. The van der Waals surface area contributed by atoms with E-state index in [9.17, 15) is 18.4 Å². The lowest BCUT2D eigenvalue weighted by Gasteiger charge is -2.14. The number of likely N-dealkylation sites (N-methyl/N-ethyl adjacent to an activating group) is 1. The minimum Gasteiger partial charge on any atom is -0.333 e. The fraction of sp³-hybridized carbons (Fsp3) is 0.167. The Kier molecular flexibility index (Phi) is 5.40. The molecule has 1 N–H and O–H groups in total. The summed E-state index contributed by atoms with van der Waals surface area (Å²) in [5.41, 5.74) is -0.000122. The molecule has 2 amide bonds. The van der Waals surface area contributed by atoms with Gasteiger partial charge in [-0.15, -0.1) is 0 Å². The zero-order valence-corrected chi connectivity index (χ0v) is 12.2. The quantitative estimate of drug-likeness (QED) is 0.495. The molecule has 4 nitrogen and oxygen atoms in total. The monoisotopic (exact) mass is 380 g/mol. The van der Waals surface area contributed by atoms with E-state index in [4.69, 9.17) is 0 Å². The minimum atomic E-state index is -0.758. The molecule has 0 aliphatic carbocycles. The second-order valence-corrected chi connectivity index (χ2v) is 4.78. The molecule has 0 spiro atoms. The van der Waals surface area contributed by atoms with Gasteiger partial charge < -0.3 is 10.2 Å². The van der Waals surface area contributed by atoms with E-state index < -0.39 is 23.4 Å². The Morgan fingerprint density at radius 1 is 1.42 bits per heavy atom. The minimum absolute atomic E-state index is 0.000122. The van der Waals surface area contributed by atoms with Crippen molar-refractivity contribution in [2.24, 2.45) is 0 Å². The van der Waals surface area contributed by atoms with E-state index in [-0.39, 0.29) is 15.8 Å². The number of carbonyl (C=O) groups is 2. The van der Waals surface area contributed by atoms with Gasteiger partial charge in [0.25, 0.3) is 0 Å². The average Bonchev–Trinajstić information content (AvgIpc) is 2.34. The van der Waals surface area contributed by atoms with Gasteiger partial charge in [-0.3, -0.25) is 9.59 Å². The summed E-state index contributed by atoms with van der Waals surface area (Å²) < 4.78 is 26.4. The number of anilines is 1. The molecule has 7 heteroatoms. The van der Waals surface area contributed by atoms with Crippen LogP contribution in [-0.4, -0.2) is 30.3 Å². The first-order valence-electron chi connectivity index (χ1n) is 5.17. The number of hydrogen-bond acceptors (Lipinski definition) is 2. The zero-order valence-electron chi connectivity index (χ0n) is 10.0. The van der Waals surface area contributed by atoms with Gasteiger partial charge in [-0.1, -0.05) is 6.58 Å². The van der Waals surface area contributed by atoms with Crippen molar-refractivity contribution in [1.29, 1.82) is 0 Å². The van der Waals surface area contributed by atoms with Crippen LogP contribution < -0.4 is 5.32 Å². The molecule has 0 aliphatic heterocycles. The third-order valence-corrected chi connectivity index (χ3v) is 3.23. The molecule has 0 radical (unpaired) electrons. The lowest BCUT2D eigenvalue weighted by atomic mass is 10.3. The summed E-state index contributed by atoms with van der Waals surface area (Å²) in [6.45, 7) is 3.05. The molecule has 0 saturated heterocycles. The predicted octanol–water partition coefficient (Wildman–Crippen LogP) is 2.15. The molecule has 1 rings (SSSR count). The van der Waals surface area contributed by atoms with Gasteiger partial charge in [0.05, 0.1) is 10.1 Å². The van der Waals surface area contributed by atoms with Crippen LogP contribution in [0, 0.1) is 15.2 Å². The number of nitrogens with zero attached hydrogens (tertiary/aromatic N) is 1. The molecule has 0 saturated carbocycles. The Morgan fingerprint density at radius 3 is 2.42 bits per heavy atom. The predicted molar refractivity (Wildman–Crippen MR) is 75.5 cm³/mol. The van der Waals surface area contributed by atoms with E-state index in [0.717, 1.165) is 23.1 Å². The van der Waals surface area contributed by atoms with Gasteiger partial charge >= 0.3 is 0 Å². The number of carbonyl (C=O) groups excluding carboxylic acids is 2. The smallest absolute Gasteiger partial charge is 0.246 e. The third kappa shape index (κ3) is 4.27. The first-order chi connectivity index (χ1) is 8.85. The molecule has 1 aromatic carbocycles. The zero-order chi connectivity index (χ0) is 14.6. The molecule has 0 heterocycles. The molecule has 19 heavy (non-hydrogen) atoms. The molecule has 102 valence electrons. The largest absolute Gasteiger partial charge is 0.333 e. The van der Waals surface area contributed by atoms with Crippen LogP contribution in [0.3, 0.4) is 0 Å². The van der Waals surface area contributed by atoms with Crippen LogP contribution in [0.4, 0.5) is 14.5 Å². The van der Waals surface area contributed by atoms with Crippen molar-refractivity contribution in [2.75, 3.05) is 18.9 Å². The van der Waals surface area contributed by atoms with Crippen molar-refractivity contribution in [2.45, 2.75) is 0 Å². The van der Waals surface area contributed by atoms with Crippen molar-refractivity contribution < 1.29 is 18.4 Å². The van der Waals surface area contributed by atoms with Gasteiger partial charge in [-0.25, -0.2) is 8.78 Å². The SMILES string of the molecule is C=CC(=O)N(C)CC(=O)Nc1cc(F)c(I)c(F)c1. The first kappa shape index (κ1) is 15.5. The topological polar surface area (TPSA) is 49.4 Å². The third-order valence-electron chi connectivity index (χ3n) is 2.20. The molecular weight excluding hydrogens is 369 g/mol. The van der Waals surface area contributed by atoms with Crippen LogP contribution in [0.1, 0.15) is 0 Å². The fourth-order valence-corrected chi connectivity index (χ4v) is 1.59. The van der Waals surface area contributed by atoms with Crippen LogP contribution in [0.15, 0.2) is 24.8 Å². The van der Waals surface area contributed by atoms with E-state index in [1.807, 2.05) is 0 Å². The number of halogens is 3. The Morgan fingerprint density at radius 2 is 1.95 bits per heavy atom. The van der Waals surface area contributed by atoms with Gasteiger partial charge in [-0.05, 0) is 40.8 Å². The van der Waals surface area contributed by atoms with Gasteiger partial charge in [0, 0.05) is 12.7 Å². The molecule has 0 bridgehead atoms. The molecular formula is C12H11F2IN2O2. The van der Waals surface area contributed by atoms with Crippen molar-refractivity contribution in [3.05, 3.63) is 40.0 Å². The van der Waals surface area contributed by atoms with Crippen molar-refractivity contribution in [1.82, 2.24) is 4.90 Å².